The van der Waals surface area contributed by atoms with Crippen molar-refractivity contribution in [1.29, 1.82) is 0 Å². The number of hydrogen-bond donors (Lipinski definition) is 0. The van der Waals surface area contributed by atoms with E-state index in [1.165, 1.54) is 4.90 Å². The highest BCUT2D eigenvalue weighted by molar-refractivity contribution is 5.88. The van der Waals surface area contributed by atoms with E-state index in [9.17, 15) is 4.79 Å². The number of amides is 1. The number of hydrogen-bond acceptors (Lipinski definition) is 4. The van der Waals surface area contributed by atoms with Crippen molar-refractivity contribution in [2.24, 2.45) is 0 Å². The maximum atomic E-state index is 11.8. The van der Waals surface area contributed by atoms with E-state index in [0.717, 1.165) is 6.42 Å². The zero-order valence-electron chi connectivity index (χ0n) is 11.9. The maximum Gasteiger partial charge on any atom is 0.445 e. The zero-order valence-corrected chi connectivity index (χ0v) is 11.9. The van der Waals surface area contributed by atoms with Gasteiger partial charge in [0.05, 0.1) is 18.4 Å². The van der Waals surface area contributed by atoms with Gasteiger partial charge in [-0.2, -0.15) is 4.89 Å². The van der Waals surface area contributed by atoms with Gasteiger partial charge in [0.15, 0.2) is 0 Å². The molecule has 0 N–H and O–H groups in total. The third-order valence-electron chi connectivity index (χ3n) is 2.28. The van der Waals surface area contributed by atoms with E-state index in [2.05, 4.69) is 0 Å². The van der Waals surface area contributed by atoms with Crippen LogP contribution in [0.25, 0.3) is 0 Å². The molecule has 19 heavy (non-hydrogen) atoms. The monoisotopic (exact) mass is 267 g/mol. The lowest BCUT2D eigenvalue weighted by Gasteiger charge is -2.20. The van der Waals surface area contributed by atoms with Crippen LogP contribution in [-0.2, 0) is 9.78 Å². The molecular formula is C14H21NO4. The maximum absolute atomic E-state index is 11.8. The lowest BCUT2D eigenvalue weighted by Crippen LogP contribution is -2.28. The van der Waals surface area contributed by atoms with Gasteiger partial charge in [-0.15, -0.1) is 0 Å². The molecule has 106 valence electrons. The Morgan fingerprint density at radius 2 is 2.00 bits per heavy atom. The Labute approximate surface area is 114 Å². The van der Waals surface area contributed by atoms with E-state index in [4.69, 9.17) is 14.5 Å². The highest BCUT2D eigenvalue weighted by atomic mass is 17.2. The first-order valence-electron chi connectivity index (χ1n) is 6.39. The minimum Gasteiger partial charge on any atom is -0.489 e. The van der Waals surface area contributed by atoms with Crippen molar-refractivity contribution in [3.8, 4) is 5.75 Å². The topological polar surface area (TPSA) is 48.0 Å². The summed E-state index contributed by atoms with van der Waals surface area (Å²) in [6, 6.07) is 7.29. The molecule has 0 fully saturated rings. The molecule has 5 nitrogen and oxygen atoms in total. The molecule has 0 saturated carbocycles. The first-order chi connectivity index (χ1) is 9.06. The van der Waals surface area contributed by atoms with Crippen molar-refractivity contribution in [3.63, 3.8) is 0 Å². The molecule has 0 saturated heterocycles. The standard InChI is InChI=1S/C14H21NO4/c1-5-10-17-19-14(16)15(4)12-8-6-7-9-13(12)18-11(2)3/h6-9,11H,5,10H2,1-4H3. The number of rotatable bonds is 6. The Morgan fingerprint density at radius 3 is 2.63 bits per heavy atom. The second-order valence-corrected chi connectivity index (χ2v) is 4.36. The molecule has 0 spiro atoms. The fourth-order valence-electron chi connectivity index (χ4n) is 1.42. The smallest absolute Gasteiger partial charge is 0.445 e. The largest absolute Gasteiger partial charge is 0.489 e. The molecule has 0 radical (unpaired) electrons. The van der Waals surface area contributed by atoms with Crippen molar-refractivity contribution >= 4 is 11.8 Å². The van der Waals surface area contributed by atoms with E-state index < -0.39 is 6.09 Å². The summed E-state index contributed by atoms with van der Waals surface area (Å²) >= 11 is 0. The van der Waals surface area contributed by atoms with Crippen LogP contribution in [0.15, 0.2) is 24.3 Å². The van der Waals surface area contributed by atoms with E-state index in [1.807, 2.05) is 39.0 Å². The minimum atomic E-state index is -0.576. The Bertz CT molecular complexity index is 406. The van der Waals surface area contributed by atoms with E-state index in [-0.39, 0.29) is 6.10 Å². The molecule has 0 bridgehead atoms. The molecule has 0 aliphatic heterocycles. The Balaban J connectivity index is 2.75. The zero-order chi connectivity index (χ0) is 14.3. The number of nitrogens with zero attached hydrogens (tertiary/aromatic N) is 1. The molecule has 0 aliphatic rings. The van der Waals surface area contributed by atoms with E-state index in [1.54, 1.807) is 13.1 Å². The predicted molar refractivity (Wildman–Crippen MR) is 73.3 cm³/mol. The summed E-state index contributed by atoms with van der Waals surface area (Å²) in [5, 5.41) is 0. The molecule has 0 aliphatic carbocycles. The van der Waals surface area contributed by atoms with Gasteiger partial charge < -0.3 is 4.74 Å². The molecule has 1 amide bonds. The summed E-state index contributed by atoms with van der Waals surface area (Å²) in [4.78, 5) is 22.6. The van der Waals surface area contributed by atoms with Gasteiger partial charge in [-0.3, -0.25) is 9.79 Å². The van der Waals surface area contributed by atoms with Crippen molar-refractivity contribution in [1.82, 2.24) is 0 Å². The molecule has 5 heteroatoms. The van der Waals surface area contributed by atoms with Crippen molar-refractivity contribution in [2.75, 3.05) is 18.6 Å². The van der Waals surface area contributed by atoms with E-state index in [0.29, 0.717) is 18.0 Å². The lowest BCUT2D eigenvalue weighted by molar-refractivity contribution is -0.235. The molecular weight excluding hydrogens is 246 g/mol. The molecule has 0 aromatic heterocycles. The summed E-state index contributed by atoms with van der Waals surface area (Å²) in [7, 11) is 1.61. The molecule has 0 heterocycles. The summed E-state index contributed by atoms with van der Waals surface area (Å²) in [5.74, 6) is 0.632. The second-order valence-electron chi connectivity index (χ2n) is 4.36. The number of carbonyl (C=O) groups excluding carboxylic acids is 1. The quantitative estimate of drug-likeness (QED) is 0.450. The second kappa shape index (κ2) is 7.63. The van der Waals surface area contributed by atoms with Crippen LogP contribution in [0.5, 0.6) is 5.75 Å². The third-order valence-corrected chi connectivity index (χ3v) is 2.28. The highest BCUT2D eigenvalue weighted by Crippen LogP contribution is 2.28. The number of para-hydroxylation sites is 2. The molecule has 1 aromatic rings. The summed E-state index contributed by atoms with van der Waals surface area (Å²) < 4.78 is 5.65. The van der Waals surface area contributed by atoms with Gasteiger partial charge in [0.1, 0.15) is 5.75 Å². The van der Waals surface area contributed by atoms with Crippen LogP contribution in [0.1, 0.15) is 27.2 Å². The number of carbonyl (C=O) groups is 1. The summed E-state index contributed by atoms with van der Waals surface area (Å²) in [5.41, 5.74) is 0.640. The Morgan fingerprint density at radius 1 is 1.32 bits per heavy atom. The first kappa shape index (κ1) is 15.3. The fraction of sp³-hybridized carbons (Fsp3) is 0.500. The van der Waals surface area contributed by atoms with Gasteiger partial charge in [0.2, 0.25) is 0 Å². The average molecular weight is 267 g/mol. The van der Waals surface area contributed by atoms with Crippen LogP contribution >= 0.6 is 0 Å². The van der Waals surface area contributed by atoms with Crippen LogP contribution in [0.4, 0.5) is 10.5 Å². The van der Waals surface area contributed by atoms with Crippen LogP contribution < -0.4 is 9.64 Å². The molecule has 1 aromatic carbocycles. The van der Waals surface area contributed by atoms with Crippen LogP contribution in [0.2, 0.25) is 0 Å². The Kier molecular flexibility index (Phi) is 6.15. The van der Waals surface area contributed by atoms with Gasteiger partial charge in [-0.25, -0.2) is 4.79 Å². The van der Waals surface area contributed by atoms with Crippen molar-refractivity contribution < 1.29 is 19.3 Å². The number of ether oxygens (including phenoxy) is 1. The number of anilines is 1. The summed E-state index contributed by atoms with van der Waals surface area (Å²) in [6.45, 7) is 6.17. The van der Waals surface area contributed by atoms with Crippen LogP contribution in [0.3, 0.4) is 0 Å². The van der Waals surface area contributed by atoms with Gasteiger partial charge in [-0.1, -0.05) is 19.1 Å². The highest BCUT2D eigenvalue weighted by Gasteiger charge is 2.17. The van der Waals surface area contributed by atoms with Crippen molar-refractivity contribution in [3.05, 3.63) is 24.3 Å². The van der Waals surface area contributed by atoms with Gasteiger partial charge in [-0.05, 0) is 32.4 Å². The minimum absolute atomic E-state index is 0.0295. The predicted octanol–water partition coefficient (Wildman–Crippen LogP) is 3.39. The number of benzene rings is 1. The molecule has 1 rings (SSSR count). The van der Waals surface area contributed by atoms with Crippen molar-refractivity contribution in [2.45, 2.75) is 33.3 Å². The van der Waals surface area contributed by atoms with Gasteiger partial charge >= 0.3 is 6.09 Å². The molecule has 0 atom stereocenters. The van der Waals surface area contributed by atoms with E-state index >= 15 is 0 Å². The average Bonchev–Trinajstić information content (AvgIpc) is 2.38. The van der Waals surface area contributed by atoms with Crippen LogP contribution in [0, 0.1) is 0 Å². The first-order valence-corrected chi connectivity index (χ1v) is 6.39. The normalized spacial score (nSPS) is 10.4. The van der Waals surface area contributed by atoms with Crippen LogP contribution in [-0.4, -0.2) is 25.9 Å². The third kappa shape index (κ3) is 4.79. The SMILES string of the molecule is CCCOOC(=O)N(C)c1ccccc1OC(C)C. The van der Waals surface area contributed by atoms with Gasteiger partial charge in [0, 0.05) is 7.05 Å². The lowest BCUT2D eigenvalue weighted by atomic mass is 10.2. The summed E-state index contributed by atoms with van der Waals surface area (Å²) in [6.07, 6.45) is 0.236. The van der Waals surface area contributed by atoms with Gasteiger partial charge in [0.25, 0.3) is 0 Å². The molecule has 0 unspecified atom stereocenters. The fourth-order valence-corrected chi connectivity index (χ4v) is 1.42. The Hall–Kier alpha value is -1.75.